The predicted molar refractivity (Wildman–Crippen MR) is 108 cm³/mol. The van der Waals surface area contributed by atoms with Crippen molar-refractivity contribution in [2.45, 2.75) is 44.3 Å². The van der Waals surface area contributed by atoms with Crippen molar-refractivity contribution in [2.75, 3.05) is 25.4 Å². The van der Waals surface area contributed by atoms with Gasteiger partial charge in [-0.3, -0.25) is 0 Å². The van der Waals surface area contributed by atoms with E-state index in [1.54, 1.807) is 16.7 Å². The molecule has 1 aliphatic rings. The van der Waals surface area contributed by atoms with Gasteiger partial charge in [-0.2, -0.15) is 0 Å². The summed E-state index contributed by atoms with van der Waals surface area (Å²) in [5.74, 6) is 1.63. The lowest BCUT2D eigenvalue weighted by atomic mass is 10.2. The molecule has 6 nitrogen and oxygen atoms in total. The van der Waals surface area contributed by atoms with Crippen LogP contribution in [-0.4, -0.2) is 51.2 Å². The smallest absolute Gasteiger partial charge is 0.409 e. The van der Waals surface area contributed by atoms with Gasteiger partial charge < -0.3 is 14.2 Å². The van der Waals surface area contributed by atoms with E-state index in [1.165, 1.54) is 19.3 Å². The maximum absolute atomic E-state index is 11.6. The molecule has 1 fully saturated rings. The van der Waals surface area contributed by atoms with Gasteiger partial charge in [0, 0.05) is 29.4 Å². The first-order valence-electron chi connectivity index (χ1n) is 9.42. The lowest BCUT2D eigenvalue weighted by molar-refractivity contribution is 0.160. The molecule has 27 heavy (non-hydrogen) atoms. The summed E-state index contributed by atoms with van der Waals surface area (Å²) < 4.78 is 7.16. The molecule has 1 aliphatic heterocycles. The third-order valence-electron chi connectivity index (χ3n) is 4.49. The summed E-state index contributed by atoms with van der Waals surface area (Å²) >= 11 is 7.65. The van der Waals surface area contributed by atoms with Crippen molar-refractivity contribution in [1.29, 1.82) is 0 Å². The van der Waals surface area contributed by atoms with Crippen molar-refractivity contribution in [2.24, 2.45) is 0 Å². The average Bonchev–Trinajstić information content (AvgIpc) is 3.26. The van der Waals surface area contributed by atoms with E-state index in [4.69, 9.17) is 16.3 Å². The second-order valence-corrected chi connectivity index (χ2v) is 7.97. The number of halogens is 1. The average molecular weight is 409 g/mol. The third-order valence-corrected chi connectivity index (χ3v) is 5.69. The Morgan fingerprint density at radius 3 is 2.67 bits per heavy atom. The lowest BCUT2D eigenvalue weighted by Gasteiger charge is -2.13. The Morgan fingerprint density at radius 1 is 1.15 bits per heavy atom. The van der Waals surface area contributed by atoms with Crippen LogP contribution in [0.3, 0.4) is 0 Å². The van der Waals surface area contributed by atoms with E-state index in [0.29, 0.717) is 24.7 Å². The molecule has 8 heteroatoms. The van der Waals surface area contributed by atoms with Crippen LogP contribution in [0.1, 0.15) is 32.6 Å². The van der Waals surface area contributed by atoms with Crippen molar-refractivity contribution in [3.8, 4) is 11.4 Å². The molecule has 1 aromatic carbocycles. The van der Waals surface area contributed by atoms with Gasteiger partial charge in [-0.15, -0.1) is 10.2 Å². The number of thioether (sulfide) groups is 1. The van der Waals surface area contributed by atoms with Crippen LogP contribution < -0.4 is 0 Å². The minimum Gasteiger partial charge on any atom is -0.448 e. The standard InChI is InChI=1S/C19H25ClN4O2S/c1-2-3-4-5-10-24-17(15-6-8-16(20)9-7-15)21-22-18(24)27-14-12-23-11-13-26-19(23)25/h6-9H,2-5,10-14H2,1H3. The van der Waals surface area contributed by atoms with Gasteiger partial charge in [-0.05, 0) is 30.7 Å². The molecule has 3 rings (SSSR count). The number of nitrogens with zero attached hydrogens (tertiary/aromatic N) is 4. The van der Waals surface area contributed by atoms with E-state index in [9.17, 15) is 4.79 Å². The zero-order chi connectivity index (χ0) is 19.1. The fourth-order valence-electron chi connectivity index (χ4n) is 2.98. The normalized spacial score (nSPS) is 14.0. The quantitative estimate of drug-likeness (QED) is 0.420. The Morgan fingerprint density at radius 2 is 1.96 bits per heavy atom. The minimum absolute atomic E-state index is 0.224. The summed E-state index contributed by atoms with van der Waals surface area (Å²) in [7, 11) is 0. The van der Waals surface area contributed by atoms with Crippen LogP contribution in [-0.2, 0) is 11.3 Å². The van der Waals surface area contributed by atoms with E-state index < -0.39 is 0 Å². The van der Waals surface area contributed by atoms with Gasteiger partial charge in [0.1, 0.15) is 6.61 Å². The van der Waals surface area contributed by atoms with Crippen molar-refractivity contribution < 1.29 is 9.53 Å². The highest BCUT2D eigenvalue weighted by Gasteiger charge is 2.22. The molecule has 0 atom stereocenters. The molecule has 0 saturated carbocycles. The first-order chi connectivity index (χ1) is 13.2. The van der Waals surface area contributed by atoms with E-state index >= 15 is 0 Å². The van der Waals surface area contributed by atoms with Crippen molar-refractivity contribution in [3.05, 3.63) is 29.3 Å². The number of hydrogen-bond donors (Lipinski definition) is 0. The highest BCUT2D eigenvalue weighted by Crippen LogP contribution is 2.26. The maximum Gasteiger partial charge on any atom is 0.409 e. The molecule has 2 heterocycles. The van der Waals surface area contributed by atoms with Crippen LogP contribution in [0.4, 0.5) is 4.79 Å². The van der Waals surface area contributed by atoms with Gasteiger partial charge in [0.2, 0.25) is 0 Å². The molecule has 0 spiro atoms. The van der Waals surface area contributed by atoms with Crippen LogP contribution in [0.25, 0.3) is 11.4 Å². The predicted octanol–water partition coefficient (Wildman–Crippen LogP) is 4.72. The number of hydrogen-bond acceptors (Lipinski definition) is 5. The molecular formula is C19H25ClN4O2S. The molecule has 1 saturated heterocycles. The van der Waals surface area contributed by atoms with Crippen LogP contribution in [0.2, 0.25) is 5.02 Å². The Labute approximate surface area is 169 Å². The molecule has 146 valence electrons. The minimum atomic E-state index is -0.224. The molecule has 1 amide bonds. The van der Waals surface area contributed by atoms with E-state index in [0.717, 1.165) is 35.3 Å². The Hall–Kier alpha value is -1.73. The number of ether oxygens (including phenoxy) is 1. The van der Waals surface area contributed by atoms with Gasteiger partial charge in [0.15, 0.2) is 11.0 Å². The van der Waals surface area contributed by atoms with Crippen molar-refractivity contribution in [1.82, 2.24) is 19.7 Å². The number of rotatable bonds is 10. The number of aromatic nitrogens is 3. The van der Waals surface area contributed by atoms with Crippen LogP contribution in [0.5, 0.6) is 0 Å². The molecule has 0 aliphatic carbocycles. The summed E-state index contributed by atoms with van der Waals surface area (Å²) in [6, 6.07) is 7.70. The summed E-state index contributed by atoms with van der Waals surface area (Å²) in [4.78, 5) is 13.3. The van der Waals surface area contributed by atoms with Gasteiger partial charge in [0.25, 0.3) is 0 Å². The molecule has 0 unspecified atom stereocenters. The Balaban J connectivity index is 1.69. The summed E-state index contributed by atoms with van der Waals surface area (Å²) in [6.07, 6.45) is 4.51. The van der Waals surface area contributed by atoms with Crippen LogP contribution in [0, 0.1) is 0 Å². The van der Waals surface area contributed by atoms with Gasteiger partial charge in [-0.25, -0.2) is 4.79 Å². The van der Waals surface area contributed by atoms with Gasteiger partial charge in [0.05, 0.1) is 6.54 Å². The number of carbonyl (C=O) groups excluding carboxylic acids is 1. The highest BCUT2D eigenvalue weighted by molar-refractivity contribution is 7.99. The van der Waals surface area contributed by atoms with E-state index in [2.05, 4.69) is 21.7 Å². The molecule has 0 radical (unpaired) electrons. The fraction of sp³-hybridized carbons (Fsp3) is 0.526. The highest BCUT2D eigenvalue weighted by atomic mass is 35.5. The van der Waals surface area contributed by atoms with E-state index in [-0.39, 0.29) is 6.09 Å². The SMILES string of the molecule is CCCCCCn1c(SCCN2CCOC2=O)nnc1-c1ccc(Cl)cc1. The third kappa shape index (κ3) is 5.39. The zero-order valence-electron chi connectivity index (χ0n) is 15.6. The van der Waals surface area contributed by atoms with Gasteiger partial charge in [-0.1, -0.05) is 49.5 Å². The van der Waals surface area contributed by atoms with Gasteiger partial charge >= 0.3 is 6.09 Å². The lowest BCUT2D eigenvalue weighted by Crippen LogP contribution is -2.26. The molecule has 2 aromatic rings. The van der Waals surface area contributed by atoms with Crippen molar-refractivity contribution >= 4 is 29.5 Å². The number of carbonyl (C=O) groups is 1. The van der Waals surface area contributed by atoms with Crippen LogP contribution in [0.15, 0.2) is 29.4 Å². The Bertz CT molecular complexity index is 751. The summed E-state index contributed by atoms with van der Waals surface area (Å²) in [5, 5.41) is 10.4. The maximum atomic E-state index is 11.6. The number of benzene rings is 1. The molecular weight excluding hydrogens is 384 g/mol. The van der Waals surface area contributed by atoms with Crippen LogP contribution >= 0.6 is 23.4 Å². The largest absolute Gasteiger partial charge is 0.448 e. The second-order valence-electron chi connectivity index (χ2n) is 6.48. The zero-order valence-corrected chi connectivity index (χ0v) is 17.1. The molecule has 1 aromatic heterocycles. The number of unbranched alkanes of at least 4 members (excludes halogenated alkanes) is 3. The van der Waals surface area contributed by atoms with Crippen molar-refractivity contribution in [3.63, 3.8) is 0 Å². The first kappa shape index (κ1) is 20.0. The monoisotopic (exact) mass is 408 g/mol. The summed E-state index contributed by atoms with van der Waals surface area (Å²) in [6.45, 7) is 4.90. The Kier molecular flexibility index (Phi) is 7.41. The number of amides is 1. The topological polar surface area (TPSA) is 60.2 Å². The molecule has 0 N–H and O–H groups in total. The van der Waals surface area contributed by atoms with E-state index in [1.807, 2.05) is 24.3 Å². The number of cyclic esters (lactones) is 1. The molecule has 0 bridgehead atoms. The first-order valence-corrected chi connectivity index (χ1v) is 10.8. The summed E-state index contributed by atoms with van der Waals surface area (Å²) in [5.41, 5.74) is 1.01. The second kappa shape index (κ2) is 9.99. The fourth-order valence-corrected chi connectivity index (χ4v) is 4.03.